The van der Waals surface area contributed by atoms with Crippen LogP contribution in [0.5, 0.6) is 0 Å². The van der Waals surface area contributed by atoms with E-state index in [4.69, 9.17) is 21.9 Å². The zero-order valence-electron chi connectivity index (χ0n) is 18.4. The summed E-state index contributed by atoms with van der Waals surface area (Å²) < 4.78 is 4.99. The Bertz CT molecular complexity index is 608. The molecule has 0 aliphatic carbocycles. The summed E-state index contributed by atoms with van der Waals surface area (Å²) in [5.74, 6) is -2.10. The van der Waals surface area contributed by atoms with E-state index in [0.717, 1.165) is 0 Å². The highest BCUT2D eigenvalue weighted by Crippen LogP contribution is 2.06. The van der Waals surface area contributed by atoms with Crippen molar-refractivity contribution in [1.29, 1.82) is 0 Å². The van der Waals surface area contributed by atoms with E-state index in [1.165, 1.54) is 27.7 Å². The lowest BCUT2D eigenvalue weighted by molar-refractivity contribution is -0.128. The molecule has 0 fully saturated rings. The highest BCUT2D eigenvalue weighted by atomic mass is 35.5. The molecule has 0 saturated heterocycles. The predicted octanol–water partition coefficient (Wildman–Crippen LogP) is -1.36. The van der Waals surface area contributed by atoms with Crippen LogP contribution >= 0.6 is 12.4 Å². The zero-order valence-corrected chi connectivity index (χ0v) is 19.2. The fourth-order valence-electron chi connectivity index (χ4n) is 1.38. The van der Waals surface area contributed by atoms with E-state index in [9.17, 15) is 24.0 Å². The van der Waals surface area contributed by atoms with Crippen molar-refractivity contribution in [1.82, 2.24) is 16.0 Å². The zero-order chi connectivity index (χ0) is 23.5. The molecule has 5 amide bonds. The van der Waals surface area contributed by atoms with Gasteiger partial charge in [0.25, 0.3) is 0 Å². The Labute approximate surface area is 182 Å². The Kier molecular flexibility index (Phi) is 15.4. The summed E-state index contributed by atoms with van der Waals surface area (Å²) in [6, 6.07) is -2.88. The largest absolute Gasteiger partial charge is 0.444 e. The Morgan fingerprint density at radius 2 is 1.10 bits per heavy atom. The number of alkyl carbamates (subject to hydrolysis) is 1. The molecule has 13 heteroatoms. The van der Waals surface area contributed by atoms with Crippen molar-refractivity contribution < 1.29 is 28.7 Å². The van der Waals surface area contributed by atoms with Crippen LogP contribution in [0.25, 0.3) is 0 Å². The van der Waals surface area contributed by atoms with Gasteiger partial charge in [-0.2, -0.15) is 0 Å². The number of primary amides is 2. The number of hydrogen-bond donors (Lipinski definition) is 6. The number of carbonyl (C=O) groups excluding carboxylic acids is 5. The summed E-state index contributed by atoms with van der Waals surface area (Å²) in [6.07, 6.45) is -0.697. The minimum atomic E-state index is -0.818. The molecule has 0 aromatic carbocycles. The fraction of sp³-hybridized carbons (Fsp3) is 0.706. The number of hydrogen-bond acceptors (Lipinski definition) is 7. The van der Waals surface area contributed by atoms with Crippen molar-refractivity contribution in [2.75, 3.05) is 0 Å². The van der Waals surface area contributed by atoms with E-state index in [2.05, 4.69) is 16.0 Å². The van der Waals surface area contributed by atoms with Gasteiger partial charge in [0.05, 0.1) is 6.04 Å². The fourth-order valence-corrected chi connectivity index (χ4v) is 1.38. The minimum Gasteiger partial charge on any atom is -0.444 e. The predicted molar refractivity (Wildman–Crippen MR) is 113 cm³/mol. The molecule has 0 rings (SSSR count). The summed E-state index contributed by atoms with van der Waals surface area (Å²) in [6.45, 7) is 11.1. The first-order valence-corrected chi connectivity index (χ1v) is 8.92. The average Bonchev–Trinajstić information content (AvgIpc) is 2.52. The van der Waals surface area contributed by atoms with Crippen molar-refractivity contribution in [3.63, 3.8) is 0 Å². The lowest BCUT2D eigenvalue weighted by Crippen LogP contribution is -2.51. The second-order valence-electron chi connectivity index (χ2n) is 7.42. The molecule has 0 spiro atoms. The Morgan fingerprint density at radius 1 is 0.733 bits per heavy atom. The van der Waals surface area contributed by atoms with Gasteiger partial charge in [-0.1, -0.05) is 0 Å². The minimum absolute atomic E-state index is 0. The topological polar surface area (TPSA) is 209 Å². The molecule has 0 saturated carbocycles. The van der Waals surface area contributed by atoms with E-state index < -0.39 is 53.6 Å². The second-order valence-corrected chi connectivity index (χ2v) is 7.42. The highest BCUT2D eigenvalue weighted by molar-refractivity contribution is 5.90. The first kappa shape index (κ1) is 32.1. The third-order valence-corrected chi connectivity index (χ3v) is 3.11. The van der Waals surface area contributed by atoms with Crippen molar-refractivity contribution in [2.45, 2.75) is 78.2 Å². The maximum absolute atomic E-state index is 11.6. The monoisotopic (exact) mass is 454 g/mol. The van der Waals surface area contributed by atoms with E-state index in [1.807, 2.05) is 0 Å². The van der Waals surface area contributed by atoms with Crippen LogP contribution in [0.15, 0.2) is 0 Å². The Morgan fingerprint density at radius 3 is 1.40 bits per heavy atom. The van der Waals surface area contributed by atoms with Crippen LogP contribution in [0.2, 0.25) is 0 Å². The molecule has 176 valence electrons. The molecule has 4 unspecified atom stereocenters. The summed E-state index contributed by atoms with van der Waals surface area (Å²) >= 11 is 0. The third-order valence-electron chi connectivity index (χ3n) is 3.11. The number of halogens is 1. The number of rotatable bonds is 7. The summed E-state index contributed by atoms with van der Waals surface area (Å²) in [7, 11) is 0. The molecule has 0 aliphatic heterocycles. The molecule has 0 bridgehead atoms. The first-order valence-electron chi connectivity index (χ1n) is 8.92. The van der Waals surface area contributed by atoms with Crippen molar-refractivity contribution >= 4 is 42.1 Å². The summed E-state index contributed by atoms with van der Waals surface area (Å²) in [4.78, 5) is 55.0. The van der Waals surface area contributed by atoms with Crippen molar-refractivity contribution in [3.05, 3.63) is 0 Å². The quantitative estimate of drug-likeness (QED) is 0.271. The van der Waals surface area contributed by atoms with Gasteiger partial charge in [-0.15, -0.1) is 12.4 Å². The molecule has 0 heterocycles. The normalized spacial score (nSPS) is 14.1. The van der Waals surface area contributed by atoms with Gasteiger partial charge in [-0.25, -0.2) is 4.79 Å². The summed E-state index contributed by atoms with van der Waals surface area (Å²) in [5, 5.41) is 7.06. The van der Waals surface area contributed by atoms with Crippen LogP contribution in [0.4, 0.5) is 4.79 Å². The van der Waals surface area contributed by atoms with Gasteiger partial charge in [-0.05, 0) is 48.5 Å². The molecule has 30 heavy (non-hydrogen) atoms. The van der Waals surface area contributed by atoms with Gasteiger partial charge in [0, 0.05) is 0 Å². The highest BCUT2D eigenvalue weighted by Gasteiger charge is 2.22. The smallest absolute Gasteiger partial charge is 0.408 e. The van der Waals surface area contributed by atoms with E-state index in [0.29, 0.717) is 0 Å². The van der Waals surface area contributed by atoms with Crippen molar-refractivity contribution in [2.24, 2.45) is 17.2 Å². The SMILES string of the molecule is CC(N)C(=O)NC(C)C(N)=O.CC(NC(=O)C(C)NC(=O)OC(C)(C)C)C(N)=O.Cl. The molecule has 0 aromatic heterocycles. The first-order chi connectivity index (χ1) is 13.0. The molecular weight excluding hydrogens is 420 g/mol. The number of amides is 5. The molecule has 0 radical (unpaired) electrons. The van der Waals surface area contributed by atoms with Gasteiger partial charge in [0.2, 0.25) is 23.6 Å². The molecular formula is C17H35ClN6O6. The van der Waals surface area contributed by atoms with Gasteiger partial charge >= 0.3 is 6.09 Å². The summed E-state index contributed by atoms with van der Waals surface area (Å²) in [5.41, 5.74) is 14.5. The van der Waals surface area contributed by atoms with Gasteiger partial charge in [0.15, 0.2) is 0 Å². The Hall–Kier alpha value is -2.60. The molecule has 0 aliphatic rings. The van der Waals surface area contributed by atoms with Gasteiger partial charge < -0.3 is 37.9 Å². The molecule has 12 nitrogen and oxygen atoms in total. The van der Waals surface area contributed by atoms with Crippen LogP contribution in [-0.4, -0.2) is 59.5 Å². The van der Waals surface area contributed by atoms with E-state index >= 15 is 0 Å². The standard InChI is InChI=1S/C11H21N3O4.C6H13N3O2.ClH/c1-6(8(12)15)13-9(16)7(2)14-10(17)18-11(3,4)5;1-3(7)6(11)9-4(2)5(8)10;/h6-7H,1-5H3,(H2,12,15)(H,13,16)(H,14,17);3-4H,7H2,1-2H3,(H2,8,10)(H,9,11);1H. The molecule has 9 N–H and O–H groups in total. The van der Waals surface area contributed by atoms with E-state index in [-0.39, 0.29) is 18.3 Å². The average molecular weight is 455 g/mol. The van der Waals surface area contributed by atoms with Crippen LogP contribution in [-0.2, 0) is 23.9 Å². The van der Waals surface area contributed by atoms with Gasteiger partial charge in [0.1, 0.15) is 23.7 Å². The lowest BCUT2D eigenvalue weighted by Gasteiger charge is -2.22. The van der Waals surface area contributed by atoms with Crippen LogP contribution < -0.4 is 33.2 Å². The number of nitrogens with one attached hydrogen (secondary N) is 3. The molecule has 0 aromatic rings. The van der Waals surface area contributed by atoms with Crippen molar-refractivity contribution in [3.8, 4) is 0 Å². The van der Waals surface area contributed by atoms with Gasteiger partial charge in [-0.3, -0.25) is 19.2 Å². The maximum Gasteiger partial charge on any atom is 0.408 e. The van der Waals surface area contributed by atoms with Crippen LogP contribution in [0.1, 0.15) is 48.5 Å². The second kappa shape index (κ2) is 14.4. The van der Waals surface area contributed by atoms with E-state index in [1.54, 1.807) is 20.8 Å². The van der Waals surface area contributed by atoms with Crippen LogP contribution in [0, 0.1) is 0 Å². The number of ether oxygens (including phenoxy) is 1. The van der Waals surface area contributed by atoms with Crippen LogP contribution in [0.3, 0.4) is 0 Å². The Balaban J connectivity index is -0.000000525. The number of nitrogens with two attached hydrogens (primary N) is 3. The molecule has 4 atom stereocenters. The lowest BCUT2D eigenvalue weighted by atomic mass is 10.2. The number of carbonyl (C=O) groups is 5. The third kappa shape index (κ3) is 16.4. The maximum atomic E-state index is 11.6.